The number of rotatable bonds is 11. The summed E-state index contributed by atoms with van der Waals surface area (Å²) in [5.74, 6) is -5.91. The number of aliphatic hydroxyl groups excluding tert-OH is 1. The van der Waals surface area contributed by atoms with Crippen molar-refractivity contribution in [2.75, 3.05) is 13.2 Å². The molecule has 0 spiro atoms. The second-order valence-corrected chi connectivity index (χ2v) is 5.73. The van der Waals surface area contributed by atoms with Crippen LogP contribution in [0.1, 0.15) is 20.3 Å². The molecule has 0 saturated carbocycles. The summed E-state index contributed by atoms with van der Waals surface area (Å²) in [6.07, 6.45) is -0.828. The second kappa shape index (κ2) is 11.0. The monoisotopic (exact) mass is 376 g/mol. The van der Waals surface area contributed by atoms with Crippen LogP contribution in [0.5, 0.6) is 0 Å². The maximum Gasteiger partial charge on any atom is 0.328 e. The van der Waals surface area contributed by atoms with Crippen molar-refractivity contribution in [2.24, 2.45) is 11.7 Å². The van der Waals surface area contributed by atoms with E-state index in [0.29, 0.717) is 0 Å². The van der Waals surface area contributed by atoms with Gasteiger partial charge in [0.15, 0.2) is 0 Å². The first-order valence-corrected chi connectivity index (χ1v) is 7.69. The minimum absolute atomic E-state index is 0.369. The molecule has 26 heavy (non-hydrogen) atoms. The molecule has 12 heteroatoms. The summed E-state index contributed by atoms with van der Waals surface area (Å²) in [5.41, 5.74) is 5.17. The largest absolute Gasteiger partial charge is 0.481 e. The van der Waals surface area contributed by atoms with Crippen molar-refractivity contribution < 1.29 is 39.3 Å². The lowest BCUT2D eigenvalue weighted by Gasteiger charge is -2.25. The van der Waals surface area contributed by atoms with Crippen LogP contribution in [0.25, 0.3) is 0 Å². The average molecular weight is 376 g/mol. The van der Waals surface area contributed by atoms with E-state index in [1.54, 1.807) is 13.8 Å². The average Bonchev–Trinajstić information content (AvgIpc) is 2.54. The Bertz CT molecular complexity index is 551. The van der Waals surface area contributed by atoms with Crippen molar-refractivity contribution in [1.29, 1.82) is 0 Å². The number of carboxylic acid groups (broad SMARTS) is 2. The molecule has 12 nitrogen and oxygen atoms in total. The molecular weight excluding hydrogens is 352 g/mol. The molecule has 148 valence electrons. The number of hydrogen-bond acceptors (Lipinski definition) is 7. The fourth-order valence-corrected chi connectivity index (χ4v) is 1.87. The lowest BCUT2D eigenvalue weighted by Crippen LogP contribution is -2.58. The van der Waals surface area contributed by atoms with E-state index in [-0.39, 0.29) is 6.54 Å². The number of aliphatic carboxylic acids is 2. The molecule has 0 heterocycles. The van der Waals surface area contributed by atoms with Gasteiger partial charge in [0, 0.05) is 0 Å². The summed E-state index contributed by atoms with van der Waals surface area (Å²) in [6, 6.07) is -4.35. The summed E-state index contributed by atoms with van der Waals surface area (Å²) in [5, 5.41) is 33.1. The van der Waals surface area contributed by atoms with E-state index in [2.05, 4.69) is 10.6 Å². The molecule has 0 aromatic heterocycles. The number of carbonyl (C=O) groups excluding carboxylic acids is 3. The quantitative estimate of drug-likeness (QED) is 0.191. The molecule has 0 aliphatic heterocycles. The number of nitrogens with one attached hydrogen (secondary N) is 3. The molecule has 0 aliphatic rings. The van der Waals surface area contributed by atoms with E-state index in [4.69, 9.17) is 21.1 Å². The van der Waals surface area contributed by atoms with Crippen molar-refractivity contribution in [1.82, 2.24) is 16.0 Å². The minimum atomic E-state index is -1.66. The Labute approximate surface area is 149 Å². The number of aliphatic hydroxyl groups is 1. The van der Waals surface area contributed by atoms with E-state index >= 15 is 0 Å². The zero-order chi connectivity index (χ0) is 20.4. The Hall–Kier alpha value is -2.73. The van der Waals surface area contributed by atoms with Crippen LogP contribution in [0.15, 0.2) is 0 Å². The van der Waals surface area contributed by atoms with Crippen molar-refractivity contribution in [2.45, 2.75) is 38.4 Å². The second-order valence-electron chi connectivity index (χ2n) is 5.73. The summed E-state index contributed by atoms with van der Waals surface area (Å²) in [4.78, 5) is 57.6. The van der Waals surface area contributed by atoms with Gasteiger partial charge in [-0.2, -0.15) is 0 Å². The van der Waals surface area contributed by atoms with Crippen LogP contribution in [0.3, 0.4) is 0 Å². The molecule has 0 aromatic rings. The van der Waals surface area contributed by atoms with Gasteiger partial charge in [-0.3, -0.25) is 19.2 Å². The lowest BCUT2D eigenvalue weighted by molar-refractivity contribution is -0.144. The number of carbonyl (C=O) groups is 5. The number of nitrogens with two attached hydrogens (primary N) is 1. The first kappa shape index (κ1) is 23.3. The number of hydrogen-bond donors (Lipinski definition) is 7. The molecule has 8 N–H and O–H groups in total. The van der Waals surface area contributed by atoms with Crippen LogP contribution in [0.2, 0.25) is 0 Å². The SMILES string of the molecule is CC(C)C(NC(=O)CN)C(=O)NC(CC(=O)O)C(=O)NC(CO)C(=O)O. The summed E-state index contributed by atoms with van der Waals surface area (Å²) < 4.78 is 0. The molecule has 0 bridgehead atoms. The first-order chi connectivity index (χ1) is 12.0. The molecule has 0 radical (unpaired) electrons. The normalized spacial score (nSPS) is 14.0. The van der Waals surface area contributed by atoms with Gasteiger partial charge in [0.2, 0.25) is 17.7 Å². The Morgan fingerprint density at radius 3 is 1.85 bits per heavy atom. The van der Waals surface area contributed by atoms with Crippen LogP contribution < -0.4 is 21.7 Å². The first-order valence-electron chi connectivity index (χ1n) is 7.69. The molecule has 0 aromatic carbocycles. The Kier molecular flexibility index (Phi) is 9.84. The highest BCUT2D eigenvalue weighted by atomic mass is 16.4. The minimum Gasteiger partial charge on any atom is -0.481 e. The van der Waals surface area contributed by atoms with Gasteiger partial charge in [-0.25, -0.2) is 4.79 Å². The third kappa shape index (κ3) is 7.90. The molecule has 0 saturated heterocycles. The van der Waals surface area contributed by atoms with Gasteiger partial charge in [0.1, 0.15) is 18.1 Å². The van der Waals surface area contributed by atoms with Crippen LogP contribution in [0, 0.1) is 5.92 Å². The van der Waals surface area contributed by atoms with Gasteiger partial charge in [-0.1, -0.05) is 13.8 Å². The van der Waals surface area contributed by atoms with E-state index in [9.17, 15) is 24.0 Å². The van der Waals surface area contributed by atoms with Gasteiger partial charge in [-0.05, 0) is 5.92 Å². The highest BCUT2D eigenvalue weighted by Gasteiger charge is 2.31. The molecule has 3 atom stereocenters. The number of carboxylic acids is 2. The maximum atomic E-state index is 12.3. The molecule has 0 fully saturated rings. The van der Waals surface area contributed by atoms with Gasteiger partial charge < -0.3 is 37.0 Å². The topological polar surface area (TPSA) is 208 Å². The van der Waals surface area contributed by atoms with Crippen LogP contribution >= 0.6 is 0 Å². The van der Waals surface area contributed by atoms with Crippen molar-refractivity contribution in [3.8, 4) is 0 Å². The molecular formula is C14H24N4O8. The van der Waals surface area contributed by atoms with E-state index in [0.717, 1.165) is 0 Å². The van der Waals surface area contributed by atoms with E-state index < -0.39 is 66.7 Å². The fraction of sp³-hybridized carbons (Fsp3) is 0.643. The zero-order valence-electron chi connectivity index (χ0n) is 14.4. The molecule has 3 unspecified atom stereocenters. The third-order valence-electron chi connectivity index (χ3n) is 3.26. The highest BCUT2D eigenvalue weighted by Crippen LogP contribution is 2.04. The van der Waals surface area contributed by atoms with Crippen molar-refractivity contribution in [3.63, 3.8) is 0 Å². The smallest absolute Gasteiger partial charge is 0.328 e. The van der Waals surface area contributed by atoms with E-state index in [1.165, 1.54) is 0 Å². The fourth-order valence-electron chi connectivity index (χ4n) is 1.87. The third-order valence-corrected chi connectivity index (χ3v) is 3.26. The van der Waals surface area contributed by atoms with E-state index in [1.807, 2.05) is 5.32 Å². The van der Waals surface area contributed by atoms with Crippen molar-refractivity contribution >= 4 is 29.7 Å². The van der Waals surface area contributed by atoms with Gasteiger partial charge in [0.05, 0.1) is 19.6 Å². The summed E-state index contributed by atoms with van der Waals surface area (Å²) >= 11 is 0. The molecule has 0 rings (SSSR count). The van der Waals surface area contributed by atoms with Crippen molar-refractivity contribution in [3.05, 3.63) is 0 Å². The predicted octanol–water partition coefficient (Wildman–Crippen LogP) is -3.39. The predicted molar refractivity (Wildman–Crippen MR) is 86.7 cm³/mol. The Balaban J connectivity index is 5.25. The Morgan fingerprint density at radius 1 is 0.923 bits per heavy atom. The van der Waals surface area contributed by atoms with Gasteiger partial charge in [-0.15, -0.1) is 0 Å². The molecule has 0 aliphatic carbocycles. The number of amides is 3. The summed E-state index contributed by atoms with van der Waals surface area (Å²) in [6.45, 7) is 1.93. The van der Waals surface area contributed by atoms with Crippen LogP contribution in [0.4, 0.5) is 0 Å². The zero-order valence-corrected chi connectivity index (χ0v) is 14.4. The summed E-state index contributed by atoms with van der Waals surface area (Å²) in [7, 11) is 0. The van der Waals surface area contributed by atoms with Gasteiger partial charge >= 0.3 is 11.9 Å². The lowest BCUT2D eigenvalue weighted by atomic mass is 10.0. The Morgan fingerprint density at radius 2 is 1.46 bits per heavy atom. The standard InChI is InChI=1S/C14H24N4O8/c1-6(2)11(18-9(20)4-15)13(24)16-7(3-10(21)22)12(23)17-8(5-19)14(25)26/h6-8,11,19H,3-5,15H2,1-2H3,(H,16,24)(H,17,23)(H,18,20)(H,21,22)(H,25,26). The molecule has 3 amide bonds. The maximum absolute atomic E-state index is 12.3. The highest BCUT2D eigenvalue weighted by molar-refractivity contribution is 5.95. The van der Waals surface area contributed by atoms with Crippen LogP contribution in [-0.4, -0.2) is 76.3 Å². The van der Waals surface area contributed by atoms with Crippen LogP contribution in [-0.2, 0) is 24.0 Å². The van der Waals surface area contributed by atoms with Gasteiger partial charge in [0.25, 0.3) is 0 Å².